The summed E-state index contributed by atoms with van der Waals surface area (Å²) in [6.45, 7) is 4.40. The molecule has 0 aliphatic rings. The molecule has 22 heavy (non-hydrogen) atoms. The van der Waals surface area contributed by atoms with Crippen molar-refractivity contribution in [2.45, 2.75) is 19.9 Å². The van der Waals surface area contributed by atoms with Gasteiger partial charge in [-0.2, -0.15) is 0 Å². The molecular formula is C16H19N3O3. The van der Waals surface area contributed by atoms with Gasteiger partial charge in [-0.25, -0.2) is 4.98 Å². The molecule has 0 saturated carbocycles. The number of pyridine rings is 1. The quantitative estimate of drug-likeness (QED) is 0.655. The van der Waals surface area contributed by atoms with Crippen LogP contribution < -0.4 is 4.90 Å². The van der Waals surface area contributed by atoms with Crippen LogP contribution in [0.4, 0.5) is 11.5 Å². The molecule has 0 aliphatic heterocycles. The molecule has 0 amide bonds. The van der Waals surface area contributed by atoms with Crippen LogP contribution >= 0.6 is 0 Å². The molecule has 2 rings (SSSR count). The van der Waals surface area contributed by atoms with Crippen LogP contribution in [0.3, 0.4) is 0 Å². The number of anilines is 1. The van der Waals surface area contributed by atoms with Crippen LogP contribution in [0.25, 0.3) is 11.3 Å². The van der Waals surface area contributed by atoms with Gasteiger partial charge in [0, 0.05) is 24.2 Å². The average Bonchev–Trinajstić information content (AvgIpc) is 2.52. The number of hydrogen-bond acceptors (Lipinski definition) is 5. The molecule has 116 valence electrons. The summed E-state index contributed by atoms with van der Waals surface area (Å²) in [5, 5.41) is 20.4. The highest BCUT2D eigenvalue weighted by Crippen LogP contribution is 2.30. The lowest BCUT2D eigenvalue weighted by molar-refractivity contribution is -0.384. The Morgan fingerprint density at radius 1 is 1.23 bits per heavy atom. The number of aromatic nitrogens is 1. The maximum atomic E-state index is 11.2. The topological polar surface area (TPSA) is 79.5 Å². The van der Waals surface area contributed by atoms with E-state index in [1.807, 2.05) is 36.9 Å². The SMILES string of the molecule is CC(C)N(CCO)c1ccc([N+](=O)[O-])c(-c2ccccc2)n1. The van der Waals surface area contributed by atoms with Crippen LogP contribution in [0.1, 0.15) is 13.8 Å². The Morgan fingerprint density at radius 3 is 2.45 bits per heavy atom. The number of benzene rings is 1. The van der Waals surface area contributed by atoms with E-state index in [-0.39, 0.29) is 18.3 Å². The van der Waals surface area contributed by atoms with E-state index >= 15 is 0 Å². The molecule has 0 unspecified atom stereocenters. The zero-order valence-electron chi connectivity index (χ0n) is 12.6. The van der Waals surface area contributed by atoms with Gasteiger partial charge in [-0.3, -0.25) is 10.1 Å². The van der Waals surface area contributed by atoms with Crippen molar-refractivity contribution in [3.63, 3.8) is 0 Å². The fourth-order valence-corrected chi connectivity index (χ4v) is 2.30. The van der Waals surface area contributed by atoms with Gasteiger partial charge >= 0.3 is 0 Å². The van der Waals surface area contributed by atoms with Crippen molar-refractivity contribution in [1.82, 2.24) is 4.98 Å². The van der Waals surface area contributed by atoms with E-state index in [1.54, 1.807) is 18.2 Å². The Hall–Kier alpha value is -2.47. The van der Waals surface area contributed by atoms with Gasteiger partial charge in [-0.05, 0) is 19.9 Å². The molecule has 0 spiro atoms. The van der Waals surface area contributed by atoms with Gasteiger partial charge in [0.1, 0.15) is 5.82 Å². The van der Waals surface area contributed by atoms with Gasteiger partial charge < -0.3 is 10.0 Å². The zero-order chi connectivity index (χ0) is 16.1. The molecule has 0 aliphatic carbocycles. The van der Waals surface area contributed by atoms with Crippen LogP contribution in [0.15, 0.2) is 42.5 Å². The van der Waals surface area contributed by atoms with Crippen LogP contribution in [0.5, 0.6) is 0 Å². The van der Waals surface area contributed by atoms with Crippen LogP contribution in [0, 0.1) is 10.1 Å². The van der Waals surface area contributed by atoms with Crippen LogP contribution in [-0.2, 0) is 0 Å². The summed E-state index contributed by atoms with van der Waals surface area (Å²) in [4.78, 5) is 17.2. The standard InChI is InChI=1S/C16H19N3O3/c1-12(2)18(10-11-20)15-9-8-14(19(21)22)16(17-15)13-6-4-3-5-7-13/h3-9,12,20H,10-11H2,1-2H3. The predicted octanol–water partition coefficient (Wildman–Crippen LogP) is 2.86. The van der Waals surface area contributed by atoms with E-state index in [4.69, 9.17) is 0 Å². The first-order valence-electron chi connectivity index (χ1n) is 7.13. The van der Waals surface area contributed by atoms with Crippen molar-refractivity contribution in [3.8, 4) is 11.3 Å². The molecule has 1 aromatic carbocycles. The molecule has 2 aromatic rings. The molecule has 0 saturated heterocycles. The molecule has 0 bridgehead atoms. The van der Waals surface area contributed by atoms with Gasteiger partial charge in [-0.15, -0.1) is 0 Å². The average molecular weight is 301 g/mol. The third kappa shape index (κ3) is 3.40. The summed E-state index contributed by atoms with van der Waals surface area (Å²) in [5.74, 6) is 0.619. The second-order valence-electron chi connectivity index (χ2n) is 5.17. The van der Waals surface area contributed by atoms with Crippen LogP contribution in [0.2, 0.25) is 0 Å². The monoisotopic (exact) mass is 301 g/mol. The van der Waals surface area contributed by atoms with E-state index in [9.17, 15) is 15.2 Å². The van der Waals surface area contributed by atoms with Crippen molar-refractivity contribution < 1.29 is 10.0 Å². The molecule has 0 fully saturated rings. The highest BCUT2D eigenvalue weighted by atomic mass is 16.6. The summed E-state index contributed by atoms with van der Waals surface area (Å²) >= 11 is 0. The Balaban J connectivity index is 2.54. The molecule has 6 heteroatoms. The highest BCUT2D eigenvalue weighted by Gasteiger charge is 2.20. The second kappa shape index (κ2) is 7.00. The lowest BCUT2D eigenvalue weighted by atomic mass is 10.1. The molecular weight excluding hydrogens is 282 g/mol. The highest BCUT2D eigenvalue weighted by molar-refractivity contribution is 5.71. The van der Waals surface area contributed by atoms with E-state index in [0.717, 1.165) is 0 Å². The lowest BCUT2D eigenvalue weighted by Gasteiger charge is -2.27. The van der Waals surface area contributed by atoms with E-state index in [1.165, 1.54) is 6.07 Å². The normalized spacial score (nSPS) is 10.7. The third-order valence-corrected chi connectivity index (χ3v) is 3.36. The number of rotatable bonds is 6. The lowest BCUT2D eigenvalue weighted by Crippen LogP contribution is -2.34. The fraction of sp³-hybridized carbons (Fsp3) is 0.312. The summed E-state index contributed by atoms with van der Waals surface area (Å²) in [5.41, 5.74) is 1.01. The van der Waals surface area contributed by atoms with Crippen molar-refractivity contribution in [1.29, 1.82) is 0 Å². The van der Waals surface area contributed by atoms with Gasteiger partial charge in [-0.1, -0.05) is 30.3 Å². The minimum atomic E-state index is -0.426. The number of aliphatic hydroxyl groups is 1. The van der Waals surface area contributed by atoms with Crippen molar-refractivity contribution >= 4 is 11.5 Å². The Bertz CT molecular complexity index is 644. The van der Waals surface area contributed by atoms with Crippen LogP contribution in [-0.4, -0.2) is 34.2 Å². The predicted molar refractivity (Wildman–Crippen MR) is 85.9 cm³/mol. The molecule has 0 radical (unpaired) electrons. The first-order valence-corrected chi connectivity index (χ1v) is 7.13. The second-order valence-corrected chi connectivity index (χ2v) is 5.17. The molecule has 1 N–H and O–H groups in total. The van der Waals surface area contributed by atoms with E-state index in [2.05, 4.69) is 4.98 Å². The molecule has 1 heterocycles. The summed E-state index contributed by atoms with van der Waals surface area (Å²) in [7, 11) is 0. The van der Waals surface area contributed by atoms with Crippen molar-refractivity contribution in [3.05, 3.63) is 52.6 Å². The molecule has 1 aromatic heterocycles. The maximum Gasteiger partial charge on any atom is 0.295 e. The van der Waals surface area contributed by atoms with Crippen molar-refractivity contribution in [2.24, 2.45) is 0 Å². The molecule has 6 nitrogen and oxygen atoms in total. The number of nitrogens with zero attached hydrogens (tertiary/aromatic N) is 3. The van der Waals surface area contributed by atoms with Gasteiger partial charge in [0.05, 0.1) is 11.5 Å². The molecule has 0 atom stereocenters. The third-order valence-electron chi connectivity index (χ3n) is 3.36. The minimum absolute atomic E-state index is 0.00246. The number of hydrogen-bond donors (Lipinski definition) is 1. The number of aliphatic hydroxyl groups excluding tert-OH is 1. The first-order chi connectivity index (χ1) is 10.5. The van der Waals surface area contributed by atoms with Gasteiger partial charge in [0.15, 0.2) is 5.69 Å². The Morgan fingerprint density at radius 2 is 1.91 bits per heavy atom. The van der Waals surface area contributed by atoms with E-state index in [0.29, 0.717) is 23.6 Å². The van der Waals surface area contributed by atoms with Crippen molar-refractivity contribution in [2.75, 3.05) is 18.1 Å². The largest absolute Gasteiger partial charge is 0.395 e. The fourth-order valence-electron chi connectivity index (χ4n) is 2.30. The van der Waals surface area contributed by atoms with Gasteiger partial charge in [0.25, 0.3) is 5.69 Å². The summed E-state index contributed by atoms with van der Waals surface area (Å²) in [6, 6.07) is 12.3. The summed E-state index contributed by atoms with van der Waals surface area (Å²) < 4.78 is 0. The summed E-state index contributed by atoms with van der Waals surface area (Å²) in [6.07, 6.45) is 0. The maximum absolute atomic E-state index is 11.2. The zero-order valence-corrected chi connectivity index (χ0v) is 12.6. The Labute approximate surface area is 129 Å². The van der Waals surface area contributed by atoms with E-state index < -0.39 is 4.92 Å². The minimum Gasteiger partial charge on any atom is -0.395 e. The first kappa shape index (κ1) is 15.9. The van der Waals surface area contributed by atoms with Gasteiger partial charge in [0.2, 0.25) is 0 Å². The smallest absolute Gasteiger partial charge is 0.295 e. The Kier molecular flexibility index (Phi) is 5.06. The number of nitro groups is 1.